The molecule has 0 amide bonds. The topological polar surface area (TPSA) is 49.4 Å². The van der Waals surface area contributed by atoms with E-state index in [0.717, 1.165) is 6.42 Å². The third-order valence-electron chi connectivity index (χ3n) is 3.60. The predicted molar refractivity (Wildman–Crippen MR) is 69.3 cm³/mol. The van der Waals surface area contributed by atoms with E-state index in [4.69, 9.17) is 0 Å². The van der Waals surface area contributed by atoms with Crippen LogP contribution in [0.25, 0.3) is 0 Å². The minimum Gasteiger partial charge on any atom is -0.313 e. The van der Waals surface area contributed by atoms with Crippen molar-refractivity contribution in [2.45, 2.75) is 39.2 Å². The molecule has 2 fully saturated rings. The highest BCUT2D eigenvalue weighted by Crippen LogP contribution is 2.23. The third-order valence-corrected chi connectivity index (χ3v) is 5.40. The summed E-state index contributed by atoms with van der Waals surface area (Å²) in [7, 11) is -3.05. The van der Waals surface area contributed by atoms with Crippen LogP contribution in [0.5, 0.6) is 0 Å². The summed E-state index contributed by atoms with van der Waals surface area (Å²) < 4.78 is 26.0. The van der Waals surface area contributed by atoms with Crippen LogP contribution in [0.3, 0.4) is 0 Å². The van der Waals surface area contributed by atoms with Crippen molar-refractivity contribution in [3.8, 4) is 0 Å². The van der Waals surface area contributed by atoms with Gasteiger partial charge in [0.1, 0.15) is 0 Å². The molecular weight excluding hydrogens is 236 g/mol. The average molecular weight is 260 g/mol. The Kier molecular flexibility index (Phi) is 4.10. The van der Waals surface area contributed by atoms with Gasteiger partial charge in [-0.25, -0.2) is 12.7 Å². The monoisotopic (exact) mass is 260 g/mol. The quantitative estimate of drug-likeness (QED) is 0.804. The summed E-state index contributed by atoms with van der Waals surface area (Å²) in [5.74, 6) is 1.23. The predicted octanol–water partition coefficient (Wildman–Crippen LogP) is 1.05. The standard InChI is InChI=1S/C12H24N2O2S/c1-10-7-11(2)9-14(8-10)17(15,16)6-5-13-12-3-4-12/h10-13H,3-9H2,1-2H3. The van der Waals surface area contributed by atoms with Crippen molar-refractivity contribution in [1.82, 2.24) is 9.62 Å². The Bertz CT molecular complexity index is 342. The van der Waals surface area contributed by atoms with E-state index >= 15 is 0 Å². The van der Waals surface area contributed by atoms with E-state index in [2.05, 4.69) is 19.2 Å². The van der Waals surface area contributed by atoms with Gasteiger partial charge in [-0.1, -0.05) is 13.8 Å². The van der Waals surface area contributed by atoms with Gasteiger partial charge in [0.15, 0.2) is 0 Å². The van der Waals surface area contributed by atoms with Crippen LogP contribution in [0.2, 0.25) is 0 Å². The van der Waals surface area contributed by atoms with Crippen LogP contribution in [0.15, 0.2) is 0 Å². The molecule has 1 aliphatic carbocycles. The fourth-order valence-corrected chi connectivity index (χ4v) is 4.24. The first-order valence-electron chi connectivity index (χ1n) is 6.68. The van der Waals surface area contributed by atoms with E-state index < -0.39 is 10.0 Å². The lowest BCUT2D eigenvalue weighted by Gasteiger charge is -2.34. The molecule has 2 unspecified atom stereocenters. The van der Waals surface area contributed by atoms with Crippen molar-refractivity contribution in [2.24, 2.45) is 11.8 Å². The Morgan fingerprint density at radius 1 is 1.18 bits per heavy atom. The molecule has 0 bridgehead atoms. The third kappa shape index (κ3) is 3.93. The molecule has 4 nitrogen and oxygen atoms in total. The van der Waals surface area contributed by atoms with Crippen LogP contribution >= 0.6 is 0 Å². The Balaban J connectivity index is 1.84. The maximum Gasteiger partial charge on any atom is 0.215 e. The Labute approximate surface area is 105 Å². The zero-order valence-electron chi connectivity index (χ0n) is 10.9. The maximum absolute atomic E-state index is 12.2. The highest BCUT2D eigenvalue weighted by molar-refractivity contribution is 7.89. The van der Waals surface area contributed by atoms with Gasteiger partial charge in [0, 0.05) is 25.7 Å². The summed E-state index contributed by atoms with van der Waals surface area (Å²) >= 11 is 0. The first-order valence-corrected chi connectivity index (χ1v) is 8.29. The van der Waals surface area contributed by atoms with Crippen LogP contribution in [-0.2, 0) is 10.0 Å². The molecule has 100 valence electrons. The van der Waals surface area contributed by atoms with Crippen molar-refractivity contribution in [3.63, 3.8) is 0 Å². The Hall–Kier alpha value is -0.130. The van der Waals surface area contributed by atoms with Crippen LogP contribution in [-0.4, -0.2) is 44.2 Å². The van der Waals surface area contributed by atoms with Gasteiger partial charge in [0.25, 0.3) is 0 Å². The number of hydrogen-bond acceptors (Lipinski definition) is 3. The number of nitrogens with zero attached hydrogens (tertiary/aromatic N) is 1. The molecule has 2 atom stereocenters. The van der Waals surface area contributed by atoms with Gasteiger partial charge in [-0.2, -0.15) is 0 Å². The zero-order chi connectivity index (χ0) is 12.5. The Morgan fingerprint density at radius 3 is 2.29 bits per heavy atom. The summed E-state index contributed by atoms with van der Waals surface area (Å²) in [5.41, 5.74) is 0. The van der Waals surface area contributed by atoms with Crippen molar-refractivity contribution in [3.05, 3.63) is 0 Å². The minimum atomic E-state index is -3.05. The lowest BCUT2D eigenvalue weighted by atomic mass is 9.94. The number of hydrogen-bond donors (Lipinski definition) is 1. The number of sulfonamides is 1. The van der Waals surface area contributed by atoms with Crippen LogP contribution in [0.4, 0.5) is 0 Å². The van der Waals surface area contributed by atoms with E-state index in [-0.39, 0.29) is 5.75 Å². The molecule has 1 N–H and O–H groups in total. The Morgan fingerprint density at radius 2 is 1.76 bits per heavy atom. The van der Waals surface area contributed by atoms with Crippen LogP contribution < -0.4 is 5.32 Å². The smallest absolute Gasteiger partial charge is 0.215 e. The van der Waals surface area contributed by atoms with Crippen LogP contribution in [0, 0.1) is 11.8 Å². The van der Waals surface area contributed by atoms with Gasteiger partial charge >= 0.3 is 0 Å². The molecule has 2 aliphatic rings. The normalized spacial score (nSPS) is 31.6. The molecule has 1 saturated carbocycles. The molecule has 0 aromatic carbocycles. The molecule has 0 aromatic rings. The van der Waals surface area contributed by atoms with Crippen molar-refractivity contribution >= 4 is 10.0 Å². The summed E-state index contributed by atoms with van der Waals surface area (Å²) in [5, 5.41) is 3.27. The second kappa shape index (κ2) is 5.24. The van der Waals surface area contributed by atoms with Crippen molar-refractivity contribution in [2.75, 3.05) is 25.4 Å². The molecule has 1 saturated heterocycles. The second-order valence-electron chi connectivity index (χ2n) is 5.81. The van der Waals surface area contributed by atoms with Crippen LogP contribution in [0.1, 0.15) is 33.1 Å². The first-order chi connectivity index (χ1) is 7.97. The van der Waals surface area contributed by atoms with Gasteiger partial charge in [0.2, 0.25) is 10.0 Å². The van der Waals surface area contributed by atoms with Gasteiger partial charge < -0.3 is 5.32 Å². The molecule has 5 heteroatoms. The lowest BCUT2D eigenvalue weighted by molar-refractivity contribution is 0.222. The van der Waals surface area contributed by atoms with Gasteiger partial charge in [0.05, 0.1) is 5.75 Å². The molecule has 17 heavy (non-hydrogen) atoms. The fraction of sp³-hybridized carbons (Fsp3) is 1.00. The van der Waals surface area contributed by atoms with E-state index in [9.17, 15) is 8.42 Å². The molecular formula is C12H24N2O2S. The summed E-state index contributed by atoms with van der Waals surface area (Å²) in [4.78, 5) is 0. The van der Waals surface area contributed by atoms with Gasteiger partial charge in [-0.15, -0.1) is 0 Å². The minimum absolute atomic E-state index is 0.253. The lowest BCUT2D eigenvalue weighted by Crippen LogP contribution is -2.44. The largest absolute Gasteiger partial charge is 0.313 e. The maximum atomic E-state index is 12.2. The van der Waals surface area contributed by atoms with E-state index in [1.165, 1.54) is 12.8 Å². The number of piperidine rings is 1. The molecule has 0 aromatic heterocycles. The number of nitrogens with one attached hydrogen (secondary N) is 1. The molecule has 0 spiro atoms. The highest BCUT2D eigenvalue weighted by Gasteiger charge is 2.30. The number of rotatable bonds is 5. The highest BCUT2D eigenvalue weighted by atomic mass is 32.2. The van der Waals surface area contributed by atoms with E-state index in [1.54, 1.807) is 4.31 Å². The SMILES string of the molecule is CC1CC(C)CN(S(=O)(=O)CCNC2CC2)C1. The van der Waals surface area contributed by atoms with Crippen molar-refractivity contribution in [1.29, 1.82) is 0 Å². The molecule has 2 rings (SSSR count). The van der Waals surface area contributed by atoms with E-state index in [0.29, 0.717) is 37.5 Å². The van der Waals surface area contributed by atoms with Gasteiger partial charge in [-0.05, 0) is 31.1 Å². The average Bonchev–Trinajstić information content (AvgIpc) is 3.00. The summed E-state index contributed by atoms with van der Waals surface area (Å²) in [6.07, 6.45) is 3.56. The molecule has 1 aliphatic heterocycles. The van der Waals surface area contributed by atoms with Crippen molar-refractivity contribution < 1.29 is 8.42 Å². The zero-order valence-corrected chi connectivity index (χ0v) is 11.7. The van der Waals surface area contributed by atoms with Gasteiger partial charge in [-0.3, -0.25) is 0 Å². The second-order valence-corrected chi connectivity index (χ2v) is 7.90. The summed E-state index contributed by atoms with van der Waals surface area (Å²) in [6, 6.07) is 0.587. The summed E-state index contributed by atoms with van der Waals surface area (Å²) in [6.45, 7) is 6.29. The van der Waals surface area contributed by atoms with E-state index in [1.807, 2.05) is 0 Å². The molecule has 1 heterocycles. The first kappa shape index (κ1) is 13.3. The fourth-order valence-electron chi connectivity index (χ4n) is 2.64. The molecule has 0 radical (unpaired) electrons.